The Morgan fingerprint density at radius 1 is 0.688 bits per heavy atom. The van der Waals surface area contributed by atoms with Gasteiger partial charge in [0.25, 0.3) is 0 Å². The lowest BCUT2D eigenvalue weighted by Crippen LogP contribution is -2.33. The molecule has 0 atom stereocenters. The number of hydrogen-bond acceptors (Lipinski definition) is 9. The molecule has 0 unspecified atom stereocenters. The second-order valence-electron chi connectivity index (χ2n) is 7.56. The average Bonchev–Trinajstić information content (AvgIpc) is 2.81. The minimum atomic E-state index is -0.149. The molecule has 0 aromatic carbocycles. The smallest absolute Gasteiger partial charge is 0.305 e. The summed E-state index contributed by atoms with van der Waals surface area (Å²) < 4.78 is 38.0. The highest BCUT2D eigenvalue weighted by molar-refractivity contribution is 5.69. The molecule has 0 amide bonds. The third kappa shape index (κ3) is 19.8. The molecule has 0 aromatic heterocycles. The molecule has 1 aliphatic rings. The molecule has 0 radical (unpaired) electrons. The summed E-state index contributed by atoms with van der Waals surface area (Å²) in [6.07, 6.45) is 6.08. The Morgan fingerprint density at radius 3 is 1.66 bits per heavy atom. The van der Waals surface area contributed by atoms with Crippen molar-refractivity contribution in [3.05, 3.63) is 0 Å². The quantitative estimate of drug-likeness (QED) is 0.180. The van der Waals surface area contributed by atoms with Crippen LogP contribution in [0.2, 0.25) is 0 Å². The third-order valence-corrected chi connectivity index (χ3v) is 4.83. The van der Waals surface area contributed by atoms with E-state index in [0.717, 1.165) is 45.2 Å². The fraction of sp³-hybridized carbons (Fsp3) is 0.957. The summed E-state index contributed by atoms with van der Waals surface area (Å²) in [6, 6.07) is 0. The topological polar surface area (TPSA) is 93.7 Å². The molecule has 1 N–H and O–H groups in total. The van der Waals surface area contributed by atoms with Crippen molar-refractivity contribution < 1.29 is 38.0 Å². The van der Waals surface area contributed by atoms with Crippen LogP contribution in [0.1, 0.15) is 45.4 Å². The molecule has 0 saturated carbocycles. The molecule has 9 heteroatoms. The minimum Gasteiger partial charge on any atom is -0.463 e. The van der Waals surface area contributed by atoms with Crippen LogP contribution in [0.5, 0.6) is 0 Å². The van der Waals surface area contributed by atoms with Crippen LogP contribution in [0, 0.1) is 0 Å². The molecule has 1 heterocycles. The molecule has 1 saturated heterocycles. The number of rotatable bonds is 23. The molecule has 0 bridgehead atoms. The van der Waals surface area contributed by atoms with Crippen LogP contribution in [-0.4, -0.2) is 104 Å². The molecule has 190 valence electrons. The molecule has 0 aliphatic carbocycles. The number of hydrogen-bond donors (Lipinski definition) is 1. The van der Waals surface area contributed by atoms with Gasteiger partial charge in [-0.1, -0.05) is 19.8 Å². The molecule has 32 heavy (non-hydrogen) atoms. The molecular weight excluding hydrogens is 418 g/mol. The van der Waals surface area contributed by atoms with Crippen LogP contribution in [0.4, 0.5) is 0 Å². The second kappa shape index (κ2) is 23.4. The average molecular weight is 464 g/mol. The van der Waals surface area contributed by atoms with E-state index in [9.17, 15) is 4.79 Å². The maximum atomic E-state index is 11.4. The zero-order chi connectivity index (χ0) is 23.0. The van der Waals surface area contributed by atoms with E-state index in [1.165, 1.54) is 0 Å². The molecule has 0 spiro atoms. The van der Waals surface area contributed by atoms with E-state index in [1.54, 1.807) is 0 Å². The monoisotopic (exact) mass is 463 g/mol. The zero-order valence-corrected chi connectivity index (χ0v) is 20.0. The summed E-state index contributed by atoms with van der Waals surface area (Å²) in [5, 5.41) is 3.32. The number of carbonyl (C=O) groups excluding carboxylic acids is 1. The van der Waals surface area contributed by atoms with Gasteiger partial charge in [0.1, 0.15) is 6.61 Å². The van der Waals surface area contributed by atoms with Gasteiger partial charge in [-0.25, -0.2) is 0 Å². The summed E-state index contributed by atoms with van der Waals surface area (Å²) in [5.74, 6) is -0.149. The van der Waals surface area contributed by atoms with Crippen molar-refractivity contribution in [3.8, 4) is 0 Å². The number of piperidine rings is 1. The first-order valence-electron chi connectivity index (χ1n) is 12.2. The summed E-state index contributed by atoms with van der Waals surface area (Å²) in [4.78, 5) is 11.4. The van der Waals surface area contributed by atoms with Gasteiger partial charge in [0.2, 0.25) is 0 Å². The molecule has 1 fully saturated rings. The normalized spacial score (nSPS) is 14.7. The van der Waals surface area contributed by atoms with Gasteiger partial charge in [0, 0.05) is 6.42 Å². The second-order valence-corrected chi connectivity index (χ2v) is 7.56. The molecule has 1 aliphatic heterocycles. The number of ether oxygens (including phenoxy) is 7. The van der Waals surface area contributed by atoms with Crippen molar-refractivity contribution in [1.82, 2.24) is 5.32 Å². The van der Waals surface area contributed by atoms with E-state index in [0.29, 0.717) is 91.8 Å². The number of unbranched alkanes of at least 4 members (excludes halogenated alkanes) is 2. The van der Waals surface area contributed by atoms with Crippen LogP contribution in [0.3, 0.4) is 0 Å². The predicted octanol–water partition coefficient (Wildman–Crippen LogP) is 1.96. The van der Waals surface area contributed by atoms with E-state index >= 15 is 0 Å². The lowest BCUT2D eigenvalue weighted by molar-refractivity contribution is -0.145. The number of nitrogens with one attached hydrogen (secondary N) is 1. The van der Waals surface area contributed by atoms with E-state index in [4.69, 9.17) is 33.2 Å². The lowest BCUT2D eigenvalue weighted by atomic mass is 10.1. The Bertz CT molecular complexity index is 407. The van der Waals surface area contributed by atoms with Crippen LogP contribution >= 0.6 is 0 Å². The van der Waals surface area contributed by atoms with Crippen molar-refractivity contribution in [2.24, 2.45) is 0 Å². The third-order valence-electron chi connectivity index (χ3n) is 4.83. The van der Waals surface area contributed by atoms with Crippen molar-refractivity contribution in [2.45, 2.75) is 51.6 Å². The maximum Gasteiger partial charge on any atom is 0.305 e. The standard InChI is InChI=1S/C23H45NO8/c1-2-3-4-5-23(25)32-21-19-30-17-15-28-13-11-26-10-12-27-14-16-29-18-20-31-22-6-8-24-9-7-22/h22,24H,2-21H2,1H3. The Hall–Kier alpha value is -0.810. The molecule has 0 aromatic rings. The SMILES string of the molecule is CCCCCC(=O)OCCOCCOCCOCCOCCOCCOC1CCNCC1. The van der Waals surface area contributed by atoms with Crippen molar-refractivity contribution >= 4 is 5.97 Å². The van der Waals surface area contributed by atoms with E-state index in [1.807, 2.05) is 0 Å². The van der Waals surface area contributed by atoms with Gasteiger partial charge in [-0.05, 0) is 32.4 Å². The highest BCUT2D eigenvalue weighted by atomic mass is 16.6. The van der Waals surface area contributed by atoms with Gasteiger partial charge >= 0.3 is 5.97 Å². The lowest BCUT2D eigenvalue weighted by Gasteiger charge is -2.22. The Morgan fingerprint density at radius 2 is 1.16 bits per heavy atom. The first-order chi connectivity index (χ1) is 15.8. The van der Waals surface area contributed by atoms with Crippen molar-refractivity contribution in [1.29, 1.82) is 0 Å². The van der Waals surface area contributed by atoms with Gasteiger partial charge in [-0.15, -0.1) is 0 Å². The van der Waals surface area contributed by atoms with Gasteiger partial charge in [-0.2, -0.15) is 0 Å². The summed E-state index contributed by atoms with van der Waals surface area (Å²) in [6.45, 7) is 10.3. The molecule has 9 nitrogen and oxygen atoms in total. The van der Waals surface area contributed by atoms with E-state index in [2.05, 4.69) is 12.2 Å². The van der Waals surface area contributed by atoms with Crippen molar-refractivity contribution in [3.63, 3.8) is 0 Å². The summed E-state index contributed by atoms with van der Waals surface area (Å²) in [5.41, 5.74) is 0. The summed E-state index contributed by atoms with van der Waals surface area (Å²) >= 11 is 0. The Balaban J connectivity index is 1.66. The number of esters is 1. The highest BCUT2D eigenvalue weighted by Crippen LogP contribution is 2.06. The van der Waals surface area contributed by atoms with Crippen molar-refractivity contribution in [2.75, 3.05) is 92.4 Å². The fourth-order valence-corrected chi connectivity index (χ4v) is 3.02. The first kappa shape index (κ1) is 29.2. The van der Waals surface area contributed by atoms with Gasteiger partial charge in [0.15, 0.2) is 0 Å². The fourth-order valence-electron chi connectivity index (χ4n) is 3.02. The highest BCUT2D eigenvalue weighted by Gasteiger charge is 2.12. The Kier molecular flexibility index (Phi) is 21.3. The maximum absolute atomic E-state index is 11.4. The van der Waals surface area contributed by atoms with E-state index in [-0.39, 0.29) is 5.97 Å². The summed E-state index contributed by atoms with van der Waals surface area (Å²) in [7, 11) is 0. The minimum absolute atomic E-state index is 0.149. The van der Waals surface area contributed by atoms with Crippen LogP contribution < -0.4 is 5.32 Å². The van der Waals surface area contributed by atoms with Gasteiger partial charge in [-0.3, -0.25) is 4.79 Å². The van der Waals surface area contributed by atoms with Gasteiger partial charge in [0.05, 0.1) is 78.8 Å². The Labute approximate surface area is 193 Å². The van der Waals surface area contributed by atoms with Crippen LogP contribution in [0.15, 0.2) is 0 Å². The first-order valence-corrected chi connectivity index (χ1v) is 12.2. The van der Waals surface area contributed by atoms with Gasteiger partial charge < -0.3 is 38.5 Å². The largest absolute Gasteiger partial charge is 0.463 e. The number of carbonyl (C=O) groups is 1. The molecular formula is C23H45NO8. The molecule has 1 rings (SSSR count). The van der Waals surface area contributed by atoms with E-state index < -0.39 is 0 Å². The van der Waals surface area contributed by atoms with Crippen LogP contribution in [0.25, 0.3) is 0 Å². The zero-order valence-electron chi connectivity index (χ0n) is 20.0. The van der Waals surface area contributed by atoms with Crippen LogP contribution in [-0.2, 0) is 38.0 Å². The predicted molar refractivity (Wildman–Crippen MR) is 121 cm³/mol.